The molecule has 174 valence electrons. The van der Waals surface area contributed by atoms with Gasteiger partial charge in [0.25, 0.3) is 5.91 Å². The molecule has 2 aromatic heterocycles. The maximum Gasteiger partial charge on any atom is 0.254 e. The van der Waals surface area contributed by atoms with Crippen molar-refractivity contribution in [2.75, 3.05) is 26.2 Å². The molecule has 1 N–H and O–H groups in total. The second kappa shape index (κ2) is 8.66. The molecule has 1 atom stereocenters. The largest absolute Gasteiger partial charge is 0.365 e. The van der Waals surface area contributed by atoms with E-state index in [1.165, 1.54) is 12.1 Å². The van der Waals surface area contributed by atoms with Crippen molar-refractivity contribution in [3.05, 3.63) is 83.1 Å². The minimum absolute atomic E-state index is 0.0639. The van der Waals surface area contributed by atoms with Crippen molar-refractivity contribution in [1.29, 1.82) is 0 Å². The van der Waals surface area contributed by atoms with Crippen LogP contribution in [0.3, 0.4) is 0 Å². The van der Waals surface area contributed by atoms with Crippen LogP contribution < -0.4 is 0 Å². The third-order valence-electron chi connectivity index (χ3n) is 6.73. The molecule has 2 aliphatic rings. The van der Waals surface area contributed by atoms with Gasteiger partial charge >= 0.3 is 0 Å². The van der Waals surface area contributed by atoms with Crippen molar-refractivity contribution in [2.45, 2.75) is 25.8 Å². The van der Waals surface area contributed by atoms with Crippen molar-refractivity contribution in [3.8, 4) is 0 Å². The number of carbonyl (C=O) groups excluding carboxylic acids is 1. The van der Waals surface area contributed by atoms with Crippen LogP contribution in [0.25, 0.3) is 10.9 Å². The van der Waals surface area contributed by atoms with Gasteiger partial charge in [0.1, 0.15) is 17.6 Å². The summed E-state index contributed by atoms with van der Waals surface area (Å²) < 4.78 is 21.5. The lowest BCUT2D eigenvalue weighted by molar-refractivity contribution is -0.00236. The lowest BCUT2D eigenvalue weighted by atomic mass is 10.1. The van der Waals surface area contributed by atoms with E-state index in [1.807, 2.05) is 46.1 Å². The van der Waals surface area contributed by atoms with Crippen LogP contribution in [0.5, 0.6) is 0 Å². The predicted octanol–water partition coefficient (Wildman–Crippen LogP) is 3.13. The van der Waals surface area contributed by atoms with Crippen LogP contribution in [-0.4, -0.2) is 61.9 Å². The molecule has 1 fully saturated rings. The molecule has 1 saturated heterocycles. The second-order valence-electron chi connectivity index (χ2n) is 8.87. The minimum Gasteiger partial charge on any atom is -0.365 e. The van der Waals surface area contributed by atoms with E-state index in [0.29, 0.717) is 38.3 Å². The van der Waals surface area contributed by atoms with Gasteiger partial charge in [-0.25, -0.2) is 9.07 Å². The molecule has 0 bridgehead atoms. The summed E-state index contributed by atoms with van der Waals surface area (Å²) in [5, 5.41) is 9.82. The number of H-pyrrole nitrogens is 1. The first kappa shape index (κ1) is 21.0. The Labute approximate surface area is 195 Å². The van der Waals surface area contributed by atoms with Crippen LogP contribution in [0.2, 0.25) is 0 Å². The molecule has 34 heavy (non-hydrogen) atoms. The minimum atomic E-state index is -0.270. The Kier molecular flexibility index (Phi) is 5.35. The zero-order valence-electron chi connectivity index (χ0n) is 18.7. The van der Waals surface area contributed by atoms with Crippen LogP contribution in [0.1, 0.15) is 33.4 Å². The van der Waals surface area contributed by atoms with Gasteiger partial charge in [-0.2, -0.15) is 0 Å². The smallest absolute Gasteiger partial charge is 0.254 e. The fourth-order valence-electron chi connectivity index (χ4n) is 4.78. The predicted molar refractivity (Wildman–Crippen MR) is 123 cm³/mol. The number of halogens is 1. The zero-order valence-corrected chi connectivity index (χ0v) is 18.7. The molecule has 0 radical (unpaired) electrons. The van der Waals surface area contributed by atoms with Gasteiger partial charge in [0.15, 0.2) is 0 Å². The SMILES string of the molecule is O=C(c1ccc2cc[nH]c2c1)N1CCN(Cc2nnn3c2CO[C@H](c2cccc(F)c2)C3)CC1. The summed E-state index contributed by atoms with van der Waals surface area (Å²) in [6, 6.07) is 14.3. The van der Waals surface area contributed by atoms with E-state index >= 15 is 0 Å². The summed E-state index contributed by atoms with van der Waals surface area (Å²) in [6.07, 6.45) is 1.64. The van der Waals surface area contributed by atoms with E-state index in [2.05, 4.69) is 20.2 Å². The van der Waals surface area contributed by atoms with E-state index in [-0.39, 0.29) is 17.8 Å². The maximum atomic E-state index is 13.6. The van der Waals surface area contributed by atoms with E-state index in [4.69, 9.17) is 4.74 Å². The lowest BCUT2D eigenvalue weighted by Crippen LogP contribution is -2.48. The number of hydrogen-bond acceptors (Lipinski definition) is 5. The molecular formula is C25H25FN6O2. The third kappa shape index (κ3) is 3.97. The fourth-order valence-corrected chi connectivity index (χ4v) is 4.78. The van der Waals surface area contributed by atoms with Gasteiger partial charge in [-0.1, -0.05) is 23.4 Å². The number of rotatable bonds is 4. The van der Waals surface area contributed by atoms with E-state index < -0.39 is 0 Å². The normalized spacial score (nSPS) is 18.9. The Morgan fingerprint density at radius 2 is 2.00 bits per heavy atom. The average molecular weight is 461 g/mol. The van der Waals surface area contributed by atoms with E-state index in [9.17, 15) is 9.18 Å². The first-order valence-corrected chi connectivity index (χ1v) is 11.5. The van der Waals surface area contributed by atoms with Gasteiger partial charge in [0.2, 0.25) is 0 Å². The van der Waals surface area contributed by atoms with Crippen LogP contribution in [0.15, 0.2) is 54.7 Å². The number of hydrogen-bond donors (Lipinski definition) is 1. The van der Waals surface area contributed by atoms with Crippen molar-refractivity contribution in [3.63, 3.8) is 0 Å². The van der Waals surface area contributed by atoms with Crippen LogP contribution >= 0.6 is 0 Å². The molecule has 4 heterocycles. The molecule has 2 aliphatic heterocycles. The number of benzene rings is 2. The molecule has 8 nitrogen and oxygen atoms in total. The summed E-state index contributed by atoms with van der Waals surface area (Å²) in [7, 11) is 0. The van der Waals surface area contributed by atoms with E-state index in [1.54, 1.807) is 6.07 Å². The number of aromatic nitrogens is 4. The monoisotopic (exact) mass is 460 g/mol. The molecular weight excluding hydrogens is 435 g/mol. The number of fused-ring (bicyclic) bond motifs is 2. The standard InChI is InChI=1S/C25H25FN6O2/c26-20-3-1-2-18(12-20)24-15-32-23(16-34-24)22(28-29-32)14-30-8-10-31(11-9-30)25(33)19-5-4-17-6-7-27-21(17)13-19/h1-7,12-13,24,27H,8-11,14-16H2/t24-/m0/s1. The highest BCUT2D eigenvalue weighted by molar-refractivity contribution is 5.98. The number of amides is 1. The zero-order chi connectivity index (χ0) is 23.1. The highest BCUT2D eigenvalue weighted by atomic mass is 19.1. The number of ether oxygens (including phenoxy) is 1. The van der Waals surface area contributed by atoms with Crippen molar-refractivity contribution in [1.82, 2.24) is 29.8 Å². The van der Waals surface area contributed by atoms with Gasteiger partial charge in [-0.15, -0.1) is 5.10 Å². The molecule has 0 saturated carbocycles. The average Bonchev–Trinajstić information content (AvgIpc) is 3.50. The molecule has 9 heteroatoms. The Morgan fingerprint density at radius 3 is 2.85 bits per heavy atom. The molecule has 4 aromatic rings. The highest BCUT2D eigenvalue weighted by Gasteiger charge is 2.28. The topological polar surface area (TPSA) is 79.3 Å². The molecule has 0 aliphatic carbocycles. The van der Waals surface area contributed by atoms with Gasteiger partial charge in [0.05, 0.1) is 18.8 Å². The Bertz CT molecular complexity index is 1340. The van der Waals surface area contributed by atoms with Gasteiger partial charge in [-0.05, 0) is 41.3 Å². The number of piperazine rings is 1. The van der Waals surface area contributed by atoms with Crippen LogP contribution in [-0.2, 0) is 24.4 Å². The van der Waals surface area contributed by atoms with Gasteiger partial charge < -0.3 is 14.6 Å². The Hall–Kier alpha value is -3.56. The number of aromatic amines is 1. The van der Waals surface area contributed by atoms with Crippen molar-refractivity contribution < 1.29 is 13.9 Å². The maximum absolute atomic E-state index is 13.6. The first-order valence-electron chi connectivity index (χ1n) is 11.5. The molecule has 1 amide bonds. The number of nitrogens with one attached hydrogen (secondary N) is 1. The Balaban J connectivity index is 1.07. The second-order valence-corrected chi connectivity index (χ2v) is 8.87. The fraction of sp³-hybridized carbons (Fsp3) is 0.320. The molecule has 0 spiro atoms. The number of carbonyl (C=O) groups is 1. The first-order chi connectivity index (χ1) is 16.6. The molecule has 0 unspecified atom stereocenters. The highest BCUT2D eigenvalue weighted by Crippen LogP contribution is 2.28. The number of nitrogens with zero attached hydrogens (tertiary/aromatic N) is 5. The summed E-state index contributed by atoms with van der Waals surface area (Å²) >= 11 is 0. The lowest BCUT2D eigenvalue weighted by Gasteiger charge is -2.34. The van der Waals surface area contributed by atoms with Crippen LogP contribution in [0, 0.1) is 5.82 Å². The Morgan fingerprint density at radius 1 is 1.12 bits per heavy atom. The van der Waals surface area contributed by atoms with E-state index in [0.717, 1.165) is 40.9 Å². The summed E-state index contributed by atoms with van der Waals surface area (Å²) in [6.45, 7) is 4.46. The van der Waals surface area contributed by atoms with Gasteiger partial charge in [-0.3, -0.25) is 9.69 Å². The van der Waals surface area contributed by atoms with Crippen molar-refractivity contribution in [2.24, 2.45) is 0 Å². The summed E-state index contributed by atoms with van der Waals surface area (Å²) in [5.74, 6) is -0.206. The summed E-state index contributed by atoms with van der Waals surface area (Å²) in [4.78, 5) is 20.3. The summed E-state index contributed by atoms with van der Waals surface area (Å²) in [5.41, 5.74) is 4.35. The quantitative estimate of drug-likeness (QED) is 0.506. The molecule has 6 rings (SSSR count). The van der Waals surface area contributed by atoms with Gasteiger partial charge in [0, 0.05) is 50.0 Å². The van der Waals surface area contributed by atoms with Crippen molar-refractivity contribution >= 4 is 16.8 Å². The van der Waals surface area contributed by atoms with Crippen LogP contribution in [0.4, 0.5) is 4.39 Å². The third-order valence-corrected chi connectivity index (χ3v) is 6.73. The molecule has 2 aromatic carbocycles.